The lowest BCUT2D eigenvalue weighted by atomic mass is 10.2. The third kappa shape index (κ3) is 4.40. The molecule has 4 rings (SSSR count). The van der Waals surface area contributed by atoms with Crippen molar-refractivity contribution in [3.05, 3.63) is 48.3 Å². The van der Waals surface area contributed by atoms with Crippen LogP contribution in [0.4, 0.5) is 8.78 Å². The summed E-state index contributed by atoms with van der Waals surface area (Å²) in [6.07, 6.45) is 6.02. The summed E-state index contributed by atoms with van der Waals surface area (Å²) in [6, 6.07) is 3.20. The maximum absolute atomic E-state index is 13.0. The number of imidazole rings is 1. The molecule has 4 heterocycles. The molecule has 152 valence electrons. The SMILES string of the molecule is CS(=O)(Cc1ncon1)=NCc1cn2ccc(-c3noc(C(F)(F)Cl)n3)cc2n1. The van der Waals surface area contributed by atoms with Crippen molar-refractivity contribution in [3.8, 4) is 11.4 Å². The van der Waals surface area contributed by atoms with Gasteiger partial charge in [0.15, 0.2) is 5.82 Å². The average molecular weight is 444 g/mol. The summed E-state index contributed by atoms with van der Waals surface area (Å²) in [5.41, 5.74) is 1.47. The molecule has 0 saturated carbocycles. The van der Waals surface area contributed by atoms with E-state index in [1.165, 1.54) is 6.26 Å². The predicted octanol–water partition coefficient (Wildman–Crippen LogP) is 2.85. The van der Waals surface area contributed by atoms with Crippen molar-refractivity contribution >= 4 is 27.0 Å². The Hall–Kier alpha value is -2.93. The van der Waals surface area contributed by atoms with Crippen LogP contribution >= 0.6 is 11.6 Å². The van der Waals surface area contributed by atoms with E-state index in [1.54, 1.807) is 28.9 Å². The summed E-state index contributed by atoms with van der Waals surface area (Å²) >= 11 is 4.88. The van der Waals surface area contributed by atoms with Crippen molar-refractivity contribution in [3.63, 3.8) is 0 Å². The number of pyridine rings is 1. The molecule has 0 aliphatic carbocycles. The van der Waals surface area contributed by atoms with Gasteiger partial charge in [-0.1, -0.05) is 10.3 Å². The summed E-state index contributed by atoms with van der Waals surface area (Å²) in [4.78, 5) is 11.8. The van der Waals surface area contributed by atoms with Crippen LogP contribution in [0, 0.1) is 0 Å². The number of fused-ring (bicyclic) bond motifs is 1. The Labute approximate surface area is 167 Å². The molecule has 0 spiro atoms. The third-order valence-corrected chi connectivity index (χ3v) is 5.37. The highest BCUT2D eigenvalue weighted by Gasteiger charge is 2.35. The van der Waals surface area contributed by atoms with Crippen LogP contribution in [0.2, 0.25) is 0 Å². The van der Waals surface area contributed by atoms with Crippen LogP contribution in [0.15, 0.2) is 44.3 Å². The van der Waals surface area contributed by atoms with E-state index in [0.29, 0.717) is 22.7 Å². The normalized spacial score (nSPS) is 14.2. The Morgan fingerprint density at radius 3 is 2.86 bits per heavy atom. The predicted molar refractivity (Wildman–Crippen MR) is 96.4 cm³/mol. The van der Waals surface area contributed by atoms with Crippen molar-refractivity contribution < 1.29 is 22.0 Å². The van der Waals surface area contributed by atoms with Gasteiger partial charge in [-0.2, -0.15) is 18.7 Å². The van der Waals surface area contributed by atoms with Gasteiger partial charge in [0.05, 0.1) is 27.7 Å². The van der Waals surface area contributed by atoms with Crippen molar-refractivity contribution in [2.45, 2.75) is 17.7 Å². The monoisotopic (exact) mass is 443 g/mol. The Morgan fingerprint density at radius 1 is 1.34 bits per heavy atom. The minimum absolute atomic E-state index is 0.0475. The summed E-state index contributed by atoms with van der Waals surface area (Å²) in [5, 5.41) is 3.39. The molecular formula is C15H12ClF2N7O3S. The summed E-state index contributed by atoms with van der Waals surface area (Å²) in [5.74, 6) is -0.667. The van der Waals surface area contributed by atoms with Gasteiger partial charge in [0.2, 0.25) is 12.2 Å². The van der Waals surface area contributed by atoms with Crippen molar-refractivity contribution in [2.24, 2.45) is 4.36 Å². The molecule has 0 fully saturated rings. The summed E-state index contributed by atoms with van der Waals surface area (Å²) in [7, 11) is -2.58. The molecule has 0 saturated heterocycles. The lowest BCUT2D eigenvalue weighted by Gasteiger charge is -1.99. The fourth-order valence-electron chi connectivity index (χ4n) is 2.45. The Bertz CT molecular complexity index is 1270. The highest BCUT2D eigenvalue weighted by atomic mass is 35.5. The van der Waals surface area contributed by atoms with E-state index in [1.807, 2.05) is 0 Å². The molecule has 4 aromatic rings. The van der Waals surface area contributed by atoms with Gasteiger partial charge in [-0.25, -0.2) is 13.6 Å². The quantitative estimate of drug-likeness (QED) is 0.416. The second-order valence-electron chi connectivity index (χ2n) is 6.07. The molecule has 0 bridgehead atoms. The molecule has 4 aromatic heterocycles. The molecular weight excluding hydrogens is 432 g/mol. The number of nitrogens with zero attached hydrogens (tertiary/aromatic N) is 7. The number of hydrogen-bond donors (Lipinski definition) is 0. The second-order valence-corrected chi connectivity index (χ2v) is 9.01. The molecule has 14 heteroatoms. The average Bonchev–Trinajstić information content (AvgIpc) is 3.38. The van der Waals surface area contributed by atoms with Gasteiger partial charge in [-0.3, -0.25) is 0 Å². The molecule has 1 unspecified atom stereocenters. The summed E-state index contributed by atoms with van der Waals surface area (Å²) in [6.45, 7) is 0.106. The lowest BCUT2D eigenvalue weighted by molar-refractivity contribution is 0.0551. The first-order valence-corrected chi connectivity index (χ1v) is 10.5. The van der Waals surface area contributed by atoms with E-state index in [-0.39, 0.29) is 18.1 Å². The van der Waals surface area contributed by atoms with Gasteiger partial charge < -0.3 is 13.4 Å². The van der Waals surface area contributed by atoms with Gasteiger partial charge in [0.1, 0.15) is 5.65 Å². The van der Waals surface area contributed by atoms with E-state index in [2.05, 4.69) is 38.7 Å². The van der Waals surface area contributed by atoms with Crippen LogP contribution in [0.5, 0.6) is 0 Å². The minimum Gasteiger partial charge on any atom is -0.343 e. The fraction of sp³-hybridized carbons (Fsp3) is 0.267. The maximum Gasteiger partial charge on any atom is 0.400 e. The highest BCUT2D eigenvalue weighted by Crippen LogP contribution is 2.32. The van der Waals surface area contributed by atoms with Crippen molar-refractivity contribution in [1.82, 2.24) is 29.7 Å². The zero-order chi connectivity index (χ0) is 20.6. The van der Waals surface area contributed by atoms with Gasteiger partial charge in [-0.15, -0.1) is 0 Å². The first-order valence-electron chi connectivity index (χ1n) is 7.99. The molecule has 0 aromatic carbocycles. The van der Waals surface area contributed by atoms with E-state index in [0.717, 1.165) is 6.39 Å². The molecule has 29 heavy (non-hydrogen) atoms. The van der Waals surface area contributed by atoms with Crippen molar-refractivity contribution in [1.29, 1.82) is 0 Å². The molecule has 10 nitrogen and oxygen atoms in total. The van der Waals surface area contributed by atoms with Crippen LogP contribution in [-0.2, 0) is 27.4 Å². The minimum atomic E-state index is -3.74. The van der Waals surface area contributed by atoms with E-state index >= 15 is 0 Å². The van der Waals surface area contributed by atoms with E-state index < -0.39 is 21.0 Å². The van der Waals surface area contributed by atoms with Crippen molar-refractivity contribution in [2.75, 3.05) is 6.26 Å². The molecule has 1 atom stereocenters. The second kappa shape index (κ2) is 7.15. The van der Waals surface area contributed by atoms with Crippen LogP contribution < -0.4 is 0 Å². The Kier molecular flexibility index (Phi) is 4.78. The van der Waals surface area contributed by atoms with Gasteiger partial charge >= 0.3 is 11.3 Å². The molecule has 0 radical (unpaired) electrons. The van der Waals surface area contributed by atoms with Crippen LogP contribution in [0.25, 0.3) is 17.0 Å². The zero-order valence-corrected chi connectivity index (χ0v) is 16.3. The molecule has 0 amide bonds. The summed E-state index contributed by atoms with van der Waals surface area (Å²) < 4.78 is 53.6. The smallest absolute Gasteiger partial charge is 0.343 e. The standard InChI is InChI=1S/C15H12ClF2N7O3S/c1-29(26,7-11-19-8-27-23-11)20-5-10-6-25-3-2-9(4-12(25)21-10)13-22-14(28-24-13)15(16,17)18/h2-4,6,8H,5,7H2,1H3. The number of hydrogen-bond acceptors (Lipinski definition) is 9. The largest absolute Gasteiger partial charge is 0.400 e. The van der Waals surface area contributed by atoms with E-state index in [4.69, 9.17) is 11.6 Å². The van der Waals surface area contributed by atoms with Crippen LogP contribution in [0.1, 0.15) is 17.4 Å². The number of aromatic nitrogens is 6. The molecule has 0 N–H and O–H groups in total. The zero-order valence-electron chi connectivity index (χ0n) is 14.7. The number of rotatable bonds is 6. The van der Waals surface area contributed by atoms with Crippen LogP contribution in [-0.4, -0.2) is 40.1 Å². The van der Waals surface area contributed by atoms with Gasteiger partial charge in [-0.05, 0) is 23.7 Å². The molecule has 0 aliphatic heterocycles. The lowest BCUT2D eigenvalue weighted by Crippen LogP contribution is -2.03. The number of alkyl halides is 3. The van der Waals surface area contributed by atoms with Crippen LogP contribution in [0.3, 0.4) is 0 Å². The first kappa shape index (κ1) is 19.4. The fourth-order valence-corrected chi connectivity index (χ4v) is 3.63. The van der Waals surface area contributed by atoms with Gasteiger partial charge in [0.25, 0.3) is 0 Å². The first-order chi connectivity index (χ1) is 13.7. The Balaban J connectivity index is 1.56. The van der Waals surface area contributed by atoms with Gasteiger partial charge in [0, 0.05) is 24.2 Å². The highest BCUT2D eigenvalue weighted by molar-refractivity contribution is 7.92. The number of halogens is 3. The topological polar surface area (TPSA) is 125 Å². The Morgan fingerprint density at radius 2 is 2.17 bits per heavy atom. The third-order valence-electron chi connectivity index (χ3n) is 3.74. The molecule has 0 aliphatic rings. The maximum atomic E-state index is 13.0. The van der Waals surface area contributed by atoms with E-state index in [9.17, 15) is 13.0 Å².